The van der Waals surface area contributed by atoms with E-state index in [2.05, 4.69) is 17.2 Å². The number of amides is 1. The number of nitrogens with zero attached hydrogens (tertiary/aromatic N) is 3. The highest BCUT2D eigenvalue weighted by atomic mass is 32.2. The molecule has 0 N–H and O–H groups in total. The predicted octanol–water partition coefficient (Wildman–Crippen LogP) is 3.23. The van der Waals surface area contributed by atoms with Crippen molar-refractivity contribution in [2.75, 3.05) is 25.2 Å². The summed E-state index contributed by atoms with van der Waals surface area (Å²) in [5, 5.41) is 9.71. The van der Waals surface area contributed by atoms with E-state index in [-0.39, 0.29) is 16.6 Å². The van der Waals surface area contributed by atoms with Crippen molar-refractivity contribution in [2.24, 2.45) is 10.3 Å². The maximum absolute atomic E-state index is 12.8. The third-order valence-corrected chi connectivity index (χ3v) is 7.98. The fourth-order valence-electron chi connectivity index (χ4n) is 3.48. The van der Waals surface area contributed by atoms with Crippen LogP contribution in [0.5, 0.6) is 0 Å². The van der Waals surface area contributed by atoms with Crippen LogP contribution >= 0.6 is 11.8 Å². The standard InChI is InChI=1S/C20H25N3O4S2/c1-5-10-28-19(15-12-21-23(6-2)20(15)24)14-7-8-17-18(13(14)3)16(22-27-4)9-11-29(17,25)26/h7-8,12H,5-6,9-11H2,1-4H3/b19-15-,22-16+. The fourth-order valence-corrected chi connectivity index (χ4v) is 6.10. The highest BCUT2D eigenvalue weighted by Crippen LogP contribution is 2.39. The Labute approximate surface area is 175 Å². The van der Waals surface area contributed by atoms with E-state index in [1.54, 1.807) is 30.1 Å². The Morgan fingerprint density at radius 3 is 2.72 bits per heavy atom. The molecule has 0 spiro atoms. The molecule has 2 heterocycles. The normalized spacial score (nSPS) is 20.9. The Morgan fingerprint density at radius 1 is 1.34 bits per heavy atom. The Bertz CT molecular complexity index is 1030. The number of carbonyl (C=O) groups is 1. The summed E-state index contributed by atoms with van der Waals surface area (Å²) in [5.74, 6) is 0.706. The second-order valence-electron chi connectivity index (χ2n) is 6.76. The van der Waals surface area contributed by atoms with Crippen LogP contribution in [0.1, 0.15) is 43.4 Å². The lowest BCUT2D eigenvalue weighted by Crippen LogP contribution is -2.24. The molecule has 156 valence electrons. The molecule has 1 amide bonds. The molecular weight excluding hydrogens is 410 g/mol. The van der Waals surface area contributed by atoms with E-state index < -0.39 is 9.84 Å². The van der Waals surface area contributed by atoms with Crippen molar-refractivity contribution in [3.05, 3.63) is 34.4 Å². The second kappa shape index (κ2) is 8.71. The van der Waals surface area contributed by atoms with Gasteiger partial charge in [-0.15, -0.1) is 11.8 Å². The van der Waals surface area contributed by atoms with Gasteiger partial charge in [0.2, 0.25) is 0 Å². The topological polar surface area (TPSA) is 88.4 Å². The van der Waals surface area contributed by atoms with Crippen LogP contribution in [-0.2, 0) is 19.5 Å². The number of carbonyl (C=O) groups excluding carboxylic acids is 1. The molecule has 0 bridgehead atoms. The largest absolute Gasteiger partial charge is 0.399 e. The van der Waals surface area contributed by atoms with Crippen LogP contribution in [0, 0.1) is 6.92 Å². The van der Waals surface area contributed by atoms with E-state index in [9.17, 15) is 13.2 Å². The second-order valence-corrected chi connectivity index (χ2v) is 9.94. The van der Waals surface area contributed by atoms with Crippen molar-refractivity contribution >= 4 is 44.3 Å². The zero-order chi connectivity index (χ0) is 21.2. The zero-order valence-corrected chi connectivity index (χ0v) is 18.7. The fraction of sp³-hybridized carbons (Fsp3) is 0.450. The lowest BCUT2D eigenvalue weighted by Gasteiger charge is -2.23. The lowest BCUT2D eigenvalue weighted by atomic mass is 9.95. The number of benzene rings is 1. The molecule has 0 aromatic heterocycles. The summed E-state index contributed by atoms with van der Waals surface area (Å²) in [6.07, 6.45) is 2.84. The average Bonchev–Trinajstić information content (AvgIpc) is 3.06. The maximum atomic E-state index is 12.8. The van der Waals surface area contributed by atoms with E-state index >= 15 is 0 Å². The molecule has 0 aliphatic carbocycles. The molecule has 2 aliphatic heterocycles. The van der Waals surface area contributed by atoms with Crippen LogP contribution in [0.4, 0.5) is 0 Å². The molecule has 1 aromatic carbocycles. The minimum atomic E-state index is -3.38. The van der Waals surface area contributed by atoms with E-state index in [1.165, 1.54) is 12.1 Å². The summed E-state index contributed by atoms with van der Waals surface area (Å²) in [5.41, 5.74) is 3.35. The van der Waals surface area contributed by atoms with Crippen molar-refractivity contribution in [1.82, 2.24) is 5.01 Å². The van der Waals surface area contributed by atoms with Gasteiger partial charge in [0.1, 0.15) is 7.11 Å². The predicted molar refractivity (Wildman–Crippen MR) is 117 cm³/mol. The molecule has 3 rings (SSSR count). The van der Waals surface area contributed by atoms with Gasteiger partial charge in [0, 0.05) is 23.4 Å². The van der Waals surface area contributed by atoms with E-state index in [0.717, 1.165) is 28.2 Å². The number of sulfone groups is 1. The van der Waals surface area contributed by atoms with Crippen LogP contribution in [0.3, 0.4) is 0 Å². The van der Waals surface area contributed by atoms with Gasteiger partial charge in [0.15, 0.2) is 9.84 Å². The third kappa shape index (κ3) is 3.98. The van der Waals surface area contributed by atoms with Gasteiger partial charge in [-0.25, -0.2) is 13.4 Å². The van der Waals surface area contributed by atoms with E-state index in [0.29, 0.717) is 29.8 Å². The van der Waals surface area contributed by atoms with Crippen molar-refractivity contribution in [3.8, 4) is 0 Å². The molecule has 1 aromatic rings. The highest BCUT2D eigenvalue weighted by molar-refractivity contribution is 8.08. The highest BCUT2D eigenvalue weighted by Gasteiger charge is 2.32. The molecule has 0 unspecified atom stereocenters. The Kier molecular flexibility index (Phi) is 6.48. The molecule has 0 radical (unpaired) electrons. The van der Waals surface area contributed by atoms with Crippen LogP contribution in [-0.4, -0.2) is 56.4 Å². The third-order valence-electron chi connectivity index (χ3n) is 4.89. The molecule has 0 saturated carbocycles. The van der Waals surface area contributed by atoms with Crippen molar-refractivity contribution in [3.63, 3.8) is 0 Å². The van der Waals surface area contributed by atoms with Gasteiger partial charge in [-0.1, -0.05) is 18.1 Å². The van der Waals surface area contributed by atoms with Crippen LogP contribution in [0.25, 0.3) is 4.91 Å². The van der Waals surface area contributed by atoms with Crippen molar-refractivity contribution in [1.29, 1.82) is 0 Å². The van der Waals surface area contributed by atoms with Crippen molar-refractivity contribution in [2.45, 2.75) is 38.5 Å². The molecule has 0 saturated heterocycles. The molecule has 9 heteroatoms. The summed E-state index contributed by atoms with van der Waals surface area (Å²) in [6, 6.07) is 3.42. The number of hydrogen-bond donors (Lipinski definition) is 0. The maximum Gasteiger partial charge on any atom is 0.276 e. The Hall–Kier alpha value is -2.13. The first-order valence-corrected chi connectivity index (χ1v) is 12.2. The van der Waals surface area contributed by atoms with Gasteiger partial charge >= 0.3 is 0 Å². The van der Waals surface area contributed by atoms with Crippen molar-refractivity contribution < 1.29 is 18.0 Å². The monoisotopic (exact) mass is 435 g/mol. The lowest BCUT2D eigenvalue weighted by molar-refractivity contribution is -0.125. The van der Waals surface area contributed by atoms with Gasteiger partial charge in [0.25, 0.3) is 5.91 Å². The van der Waals surface area contributed by atoms with Gasteiger partial charge < -0.3 is 4.84 Å². The summed E-state index contributed by atoms with van der Waals surface area (Å²) in [4.78, 5) is 18.8. The molecule has 0 atom stereocenters. The number of hydrazone groups is 1. The van der Waals surface area contributed by atoms with Crippen LogP contribution in [0.15, 0.2) is 32.9 Å². The van der Waals surface area contributed by atoms with Gasteiger partial charge in [-0.2, -0.15) is 5.10 Å². The van der Waals surface area contributed by atoms with Gasteiger partial charge in [-0.05, 0) is 43.2 Å². The summed E-state index contributed by atoms with van der Waals surface area (Å²) >= 11 is 1.59. The van der Waals surface area contributed by atoms with Crippen LogP contribution in [0.2, 0.25) is 0 Å². The zero-order valence-electron chi connectivity index (χ0n) is 17.1. The Balaban J connectivity index is 2.24. The number of rotatable bonds is 6. The summed E-state index contributed by atoms with van der Waals surface area (Å²) in [7, 11) is -1.93. The van der Waals surface area contributed by atoms with E-state index in [4.69, 9.17) is 4.84 Å². The van der Waals surface area contributed by atoms with Gasteiger partial charge in [-0.3, -0.25) is 4.79 Å². The summed E-state index contributed by atoms with van der Waals surface area (Å²) < 4.78 is 25.2. The number of oxime groups is 1. The SMILES string of the molecule is CCCS/C(=C1/C=NN(CC)C1=O)c1ccc2c(c1C)/C(=N/OC)CCS2(=O)=O. The van der Waals surface area contributed by atoms with E-state index in [1.807, 2.05) is 13.8 Å². The Morgan fingerprint density at radius 2 is 2.10 bits per heavy atom. The average molecular weight is 436 g/mol. The first-order chi connectivity index (χ1) is 13.9. The number of thioether (sulfide) groups is 1. The summed E-state index contributed by atoms with van der Waals surface area (Å²) in [6.45, 7) is 6.32. The molecule has 29 heavy (non-hydrogen) atoms. The van der Waals surface area contributed by atoms with Gasteiger partial charge in [0.05, 0.1) is 28.1 Å². The minimum Gasteiger partial charge on any atom is -0.399 e. The van der Waals surface area contributed by atoms with Crippen LogP contribution < -0.4 is 0 Å². The number of fused-ring (bicyclic) bond motifs is 1. The quantitative estimate of drug-likeness (QED) is 0.506. The number of hydrogen-bond acceptors (Lipinski definition) is 7. The first kappa shape index (κ1) is 21.6. The molecule has 0 fully saturated rings. The molecule has 7 nitrogen and oxygen atoms in total. The first-order valence-electron chi connectivity index (χ1n) is 9.55. The number of likely N-dealkylation sites (N-methyl/N-ethyl adjacent to an activating group) is 1. The molecular formula is C20H25N3O4S2. The minimum absolute atomic E-state index is 0.0100. The smallest absolute Gasteiger partial charge is 0.276 e. The molecule has 2 aliphatic rings.